The van der Waals surface area contributed by atoms with Crippen molar-refractivity contribution >= 4 is 31.9 Å². The molecule has 3 rings (SSSR count). The highest BCUT2D eigenvalue weighted by atomic mass is 79.9. The van der Waals surface area contributed by atoms with E-state index in [4.69, 9.17) is 0 Å². The van der Waals surface area contributed by atoms with Crippen LogP contribution in [0.5, 0.6) is 0 Å². The van der Waals surface area contributed by atoms with Crippen LogP contribution in [0.4, 0.5) is 0 Å². The normalized spacial score (nSPS) is 11.5. The molecule has 0 atom stereocenters. The highest BCUT2D eigenvalue weighted by molar-refractivity contribution is 9.10. The first-order valence-corrected chi connectivity index (χ1v) is 12.2. The van der Waals surface area contributed by atoms with Crippen molar-refractivity contribution in [1.29, 1.82) is 0 Å². The number of halogens is 1. The van der Waals surface area contributed by atoms with Crippen LogP contribution in [0.15, 0.2) is 94.3 Å². The fourth-order valence-corrected chi connectivity index (χ4v) is 4.81. The first-order valence-electron chi connectivity index (χ1n) is 9.94. The molecule has 0 spiro atoms. The number of carbonyl (C=O) groups excluding carboxylic acids is 1. The summed E-state index contributed by atoms with van der Waals surface area (Å²) in [6.07, 6.45) is 0.520. The Labute approximate surface area is 192 Å². The summed E-state index contributed by atoms with van der Waals surface area (Å²) in [6.45, 7) is 0.423. The van der Waals surface area contributed by atoms with Gasteiger partial charge in [-0.3, -0.25) is 4.79 Å². The first kappa shape index (κ1) is 23.2. The number of sulfonamides is 1. The van der Waals surface area contributed by atoms with Crippen LogP contribution >= 0.6 is 15.9 Å². The second-order valence-corrected chi connectivity index (χ2v) is 10.1. The van der Waals surface area contributed by atoms with E-state index >= 15 is 0 Å². The Morgan fingerprint density at radius 1 is 0.839 bits per heavy atom. The van der Waals surface area contributed by atoms with Crippen molar-refractivity contribution in [2.45, 2.75) is 17.9 Å². The molecule has 31 heavy (non-hydrogen) atoms. The number of hydrogen-bond donors (Lipinski definition) is 0. The van der Waals surface area contributed by atoms with E-state index in [1.165, 1.54) is 4.31 Å². The molecule has 0 aliphatic carbocycles. The van der Waals surface area contributed by atoms with Crippen LogP contribution in [0.3, 0.4) is 0 Å². The van der Waals surface area contributed by atoms with Gasteiger partial charge in [0.1, 0.15) is 0 Å². The molecule has 0 N–H and O–H groups in total. The summed E-state index contributed by atoms with van der Waals surface area (Å²) in [5.74, 6) is -0.252. The Morgan fingerprint density at radius 2 is 1.39 bits per heavy atom. The van der Waals surface area contributed by atoms with Crippen molar-refractivity contribution in [3.63, 3.8) is 0 Å². The Morgan fingerprint density at radius 3 is 1.97 bits per heavy atom. The molecule has 0 aliphatic rings. The van der Waals surface area contributed by atoms with Gasteiger partial charge in [0.05, 0.1) is 11.4 Å². The van der Waals surface area contributed by atoms with E-state index in [0.717, 1.165) is 15.6 Å². The van der Waals surface area contributed by atoms with Gasteiger partial charge in [-0.15, -0.1) is 0 Å². The van der Waals surface area contributed by atoms with Crippen LogP contribution in [0.2, 0.25) is 0 Å². The second-order valence-electron chi connectivity index (χ2n) is 7.26. The number of likely N-dealkylation sites (N-methyl/N-ethyl adjacent to an activating group) is 1. The van der Waals surface area contributed by atoms with Gasteiger partial charge in [-0.2, -0.15) is 4.31 Å². The molecule has 0 radical (unpaired) electrons. The summed E-state index contributed by atoms with van der Waals surface area (Å²) in [4.78, 5) is 14.6. The van der Waals surface area contributed by atoms with Crippen molar-refractivity contribution in [2.24, 2.45) is 0 Å². The Bertz CT molecular complexity index is 1090. The third-order valence-electron chi connectivity index (χ3n) is 4.94. The Balaban J connectivity index is 1.79. The van der Waals surface area contributed by atoms with E-state index in [2.05, 4.69) is 15.9 Å². The van der Waals surface area contributed by atoms with Gasteiger partial charge in [0.2, 0.25) is 15.9 Å². The van der Waals surface area contributed by atoms with Gasteiger partial charge in [0, 0.05) is 24.6 Å². The maximum absolute atomic E-state index is 13.3. The Hall–Kier alpha value is -2.48. The molecule has 0 bridgehead atoms. The molecule has 0 heterocycles. The molecule has 0 unspecified atom stereocenters. The van der Waals surface area contributed by atoms with Crippen LogP contribution < -0.4 is 0 Å². The van der Waals surface area contributed by atoms with Gasteiger partial charge in [0.15, 0.2) is 0 Å². The minimum Gasteiger partial charge on any atom is -0.340 e. The van der Waals surface area contributed by atoms with Gasteiger partial charge >= 0.3 is 0 Å². The van der Waals surface area contributed by atoms with E-state index in [1.54, 1.807) is 36.2 Å². The zero-order chi connectivity index (χ0) is 22.3. The molecule has 7 heteroatoms. The average Bonchev–Trinajstić information content (AvgIpc) is 2.78. The topological polar surface area (TPSA) is 57.7 Å². The SMILES string of the molecule is CN(Cc1ccccc1)C(=O)CN(CCc1ccccc1)S(=O)(=O)c1ccc(Br)cc1. The monoisotopic (exact) mass is 500 g/mol. The molecular weight excluding hydrogens is 476 g/mol. The number of rotatable bonds is 9. The van der Waals surface area contributed by atoms with Crippen molar-refractivity contribution in [1.82, 2.24) is 9.21 Å². The third kappa shape index (κ3) is 6.50. The minimum atomic E-state index is -3.82. The zero-order valence-corrected chi connectivity index (χ0v) is 19.7. The number of amides is 1. The van der Waals surface area contributed by atoms with E-state index in [9.17, 15) is 13.2 Å². The lowest BCUT2D eigenvalue weighted by atomic mass is 10.1. The van der Waals surface area contributed by atoms with E-state index < -0.39 is 10.0 Å². The van der Waals surface area contributed by atoms with Crippen molar-refractivity contribution < 1.29 is 13.2 Å². The molecule has 3 aromatic carbocycles. The highest BCUT2D eigenvalue weighted by Gasteiger charge is 2.27. The summed E-state index contributed by atoms with van der Waals surface area (Å²) in [5, 5.41) is 0. The van der Waals surface area contributed by atoms with Gasteiger partial charge in [-0.1, -0.05) is 76.6 Å². The molecular formula is C24H25BrN2O3S. The lowest BCUT2D eigenvalue weighted by Gasteiger charge is -2.25. The van der Waals surface area contributed by atoms with Crippen LogP contribution in [0.1, 0.15) is 11.1 Å². The van der Waals surface area contributed by atoms with Crippen molar-refractivity contribution in [3.8, 4) is 0 Å². The molecule has 5 nitrogen and oxygen atoms in total. The summed E-state index contributed by atoms with van der Waals surface area (Å²) in [6, 6.07) is 25.8. The highest BCUT2D eigenvalue weighted by Crippen LogP contribution is 2.20. The molecule has 0 aromatic heterocycles. The molecule has 0 saturated heterocycles. The summed E-state index contributed by atoms with van der Waals surface area (Å²) in [5.41, 5.74) is 2.01. The van der Waals surface area contributed by atoms with Crippen LogP contribution in [-0.4, -0.2) is 43.7 Å². The predicted molar refractivity (Wildman–Crippen MR) is 126 cm³/mol. The van der Waals surface area contributed by atoms with Crippen molar-refractivity contribution in [2.75, 3.05) is 20.1 Å². The second kappa shape index (κ2) is 10.7. The quantitative estimate of drug-likeness (QED) is 0.439. The maximum Gasteiger partial charge on any atom is 0.243 e. The molecule has 1 amide bonds. The fraction of sp³-hybridized carbons (Fsp3) is 0.208. The molecule has 0 saturated carbocycles. The summed E-state index contributed by atoms with van der Waals surface area (Å²) in [7, 11) is -2.13. The maximum atomic E-state index is 13.3. The third-order valence-corrected chi connectivity index (χ3v) is 7.33. The summed E-state index contributed by atoms with van der Waals surface area (Å²) >= 11 is 3.33. The molecule has 162 valence electrons. The number of hydrogen-bond acceptors (Lipinski definition) is 3. The largest absolute Gasteiger partial charge is 0.340 e. The van der Waals surface area contributed by atoms with Gasteiger partial charge in [-0.05, 0) is 41.8 Å². The van der Waals surface area contributed by atoms with Gasteiger partial charge < -0.3 is 4.90 Å². The van der Waals surface area contributed by atoms with E-state index in [-0.39, 0.29) is 23.9 Å². The fourth-order valence-electron chi connectivity index (χ4n) is 3.16. The molecule has 0 fully saturated rings. The minimum absolute atomic E-state index is 0.169. The summed E-state index contributed by atoms with van der Waals surface area (Å²) < 4.78 is 28.7. The lowest BCUT2D eigenvalue weighted by Crippen LogP contribution is -2.42. The number of nitrogens with zero attached hydrogens (tertiary/aromatic N) is 2. The first-order chi connectivity index (χ1) is 14.9. The van der Waals surface area contributed by atoms with Gasteiger partial charge in [-0.25, -0.2) is 8.42 Å². The number of benzene rings is 3. The number of carbonyl (C=O) groups is 1. The van der Waals surface area contributed by atoms with Crippen LogP contribution in [0, 0.1) is 0 Å². The lowest BCUT2D eigenvalue weighted by molar-refractivity contribution is -0.130. The van der Waals surface area contributed by atoms with Crippen LogP contribution in [-0.2, 0) is 27.8 Å². The predicted octanol–water partition coefficient (Wildman–Crippen LogP) is 4.34. The van der Waals surface area contributed by atoms with E-state index in [0.29, 0.717) is 13.0 Å². The molecule has 0 aliphatic heterocycles. The van der Waals surface area contributed by atoms with Gasteiger partial charge in [0.25, 0.3) is 0 Å². The molecule has 3 aromatic rings. The van der Waals surface area contributed by atoms with E-state index in [1.807, 2.05) is 60.7 Å². The smallest absolute Gasteiger partial charge is 0.243 e. The average molecular weight is 501 g/mol. The zero-order valence-electron chi connectivity index (χ0n) is 17.3. The standard InChI is InChI=1S/C24H25BrN2O3S/c1-26(18-21-10-6-3-7-11-21)24(28)19-27(17-16-20-8-4-2-5-9-20)31(29,30)23-14-12-22(25)13-15-23/h2-15H,16-19H2,1H3. The Kier molecular flexibility index (Phi) is 8.01. The van der Waals surface area contributed by atoms with Crippen molar-refractivity contribution in [3.05, 3.63) is 101 Å². The van der Waals surface area contributed by atoms with Crippen LogP contribution in [0.25, 0.3) is 0 Å².